The normalized spacial score (nSPS) is 10.9. The molecule has 1 aromatic rings. The summed E-state index contributed by atoms with van der Waals surface area (Å²) in [6.07, 6.45) is 1.90. The number of nitriles is 1. The molecule has 0 radical (unpaired) electrons. The average molecular weight is 312 g/mol. The Hall–Kier alpha value is -2.10. The van der Waals surface area contributed by atoms with E-state index >= 15 is 0 Å². The van der Waals surface area contributed by atoms with Crippen molar-refractivity contribution in [1.29, 1.82) is 5.26 Å². The predicted octanol–water partition coefficient (Wildman–Crippen LogP) is 2.45. The Labute approximate surface area is 127 Å². The van der Waals surface area contributed by atoms with Crippen molar-refractivity contribution in [2.75, 3.05) is 25.6 Å². The molecule has 7 heteroatoms. The molecule has 0 saturated heterocycles. The van der Waals surface area contributed by atoms with Crippen LogP contribution in [-0.2, 0) is 9.53 Å². The molecule has 0 saturated carbocycles. The van der Waals surface area contributed by atoms with E-state index in [-0.39, 0.29) is 10.6 Å². The van der Waals surface area contributed by atoms with E-state index in [2.05, 4.69) is 10.6 Å². The lowest BCUT2D eigenvalue weighted by molar-refractivity contribution is -0.117. The maximum absolute atomic E-state index is 13.0. The SMILES string of the molecule is COCCCNC(=O)/C(C#N)=C\Nc1ccc(F)c(Cl)c1. The highest BCUT2D eigenvalue weighted by Crippen LogP contribution is 2.19. The van der Waals surface area contributed by atoms with Crippen LogP contribution in [0, 0.1) is 17.1 Å². The van der Waals surface area contributed by atoms with Crippen LogP contribution in [0.2, 0.25) is 5.02 Å². The fourth-order valence-corrected chi connectivity index (χ4v) is 1.58. The van der Waals surface area contributed by atoms with Gasteiger partial charge in [-0.25, -0.2) is 4.39 Å². The number of anilines is 1. The average Bonchev–Trinajstić information content (AvgIpc) is 2.48. The summed E-state index contributed by atoms with van der Waals surface area (Å²) in [5.74, 6) is -1.03. The van der Waals surface area contributed by atoms with Crippen LogP contribution in [0.5, 0.6) is 0 Å². The van der Waals surface area contributed by atoms with E-state index in [0.29, 0.717) is 25.3 Å². The molecule has 0 spiro atoms. The molecular weight excluding hydrogens is 297 g/mol. The van der Waals surface area contributed by atoms with Gasteiger partial charge in [-0.1, -0.05) is 11.6 Å². The van der Waals surface area contributed by atoms with Crippen molar-refractivity contribution in [1.82, 2.24) is 5.32 Å². The Morgan fingerprint density at radius 3 is 2.95 bits per heavy atom. The number of methoxy groups -OCH3 is 1. The van der Waals surface area contributed by atoms with E-state index in [1.54, 1.807) is 13.2 Å². The Morgan fingerprint density at radius 2 is 2.33 bits per heavy atom. The van der Waals surface area contributed by atoms with Gasteiger partial charge in [0.05, 0.1) is 5.02 Å². The first kappa shape index (κ1) is 17.0. The van der Waals surface area contributed by atoms with Crippen molar-refractivity contribution in [2.24, 2.45) is 0 Å². The van der Waals surface area contributed by atoms with Gasteiger partial charge < -0.3 is 15.4 Å². The van der Waals surface area contributed by atoms with Gasteiger partial charge in [0.1, 0.15) is 17.5 Å². The molecule has 112 valence electrons. The van der Waals surface area contributed by atoms with Crippen molar-refractivity contribution in [3.63, 3.8) is 0 Å². The molecule has 1 aromatic carbocycles. The maximum Gasteiger partial charge on any atom is 0.263 e. The van der Waals surface area contributed by atoms with Crippen LogP contribution in [-0.4, -0.2) is 26.2 Å². The fourth-order valence-electron chi connectivity index (χ4n) is 1.40. The first-order valence-electron chi connectivity index (χ1n) is 6.17. The van der Waals surface area contributed by atoms with Crippen LogP contribution in [0.4, 0.5) is 10.1 Å². The van der Waals surface area contributed by atoms with Crippen LogP contribution in [0.1, 0.15) is 6.42 Å². The van der Waals surface area contributed by atoms with E-state index in [0.717, 1.165) is 0 Å². The Kier molecular flexibility index (Phi) is 7.23. The van der Waals surface area contributed by atoms with Gasteiger partial charge in [0.2, 0.25) is 0 Å². The lowest BCUT2D eigenvalue weighted by Crippen LogP contribution is -2.26. The molecule has 0 heterocycles. The van der Waals surface area contributed by atoms with Crippen molar-refractivity contribution in [3.8, 4) is 6.07 Å². The molecule has 5 nitrogen and oxygen atoms in total. The Bertz CT molecular complexity index is 570. The highest BCUT2D eigenvalue weighted by Gasteiger charge is 2.08. The van der Waals surface area contributed by atoms with E-state index in [1.165, 1.54) is 24.4 Å². The topological polar surface area (TPSA) is 74.1 Å². The van der Waals surface area contributed by atoms with Crippen LogP contribution in [0.15, 0.2) is 30.0 Å². The number of rotatable bonds is 7. The first-order chi connectivity index (χ1) is 10.1. The minimum absolute atomic E-state index is 0.0454. The summed E-state index contributed by atoms with van der Waals surface area (Å²) in [6, 6.07) is 5.78. The van der Waals surface area contributed by atoms with Crippen molar-refractivity contribution in [2.45, 2.75) is 6.42 Å². The number of ether oxygens (including phenoxy) is 1. The van der Waals surface area contributed by atoms with Gasteiger partial charge in [0, 0.05) is 32.1 Å². The molecule has 21 heavy (non-hydrogen) atoms. The van der Waals surface area contributed by atoms with Gasteiger partial charge >= 0.3 is 0 Å². The number of benzene rings is 1. The monoisotopic (exact) mass is 311 g/mol. The third kappa shape index (κ3) is 5.81. The quantitative estimate of drug-likeness (QED) is 0.461. The van der Waals surface area contributed by atoms with E-state index in [9.17, 15) is 9.18 Å². The molecule has 0 aliphatic carbocycles. The minimum atomic E-state index is -0.539. The molecule has 0 aliphatic rings. The van der Waals surface area contributed by atoms with Crippen molar-refractivity contribution < 1.29 is 13.9 Å². The van der Waals surface area contributed by atoms with E-state index in [4.69, 9.17) is 21.6 Å². The zero-order valence-corrected chi connectivity index (χ0v) is 12.2. The van der Waals surface area contributed by atoms with E-state index in [1.807, 2.05) is 0 Å². The zero-order valence-electron chi connectivity index (χ0n) is 11.5. The molecule has 1 amide bonds. The van der Waals surface area contributed by atoms with Crippen molar-refractivity contribution >= 4 is 23.2 Å². The summed E-state index contributed by atoms with van der Waals surface area (Å²) in [7, 11) is 1.57. The van der Waals surface area contributed by atoms with Crippen LogP contribution in [0.3, 0.4) is 0 Å². The molecule has 0 aromatic heterocycles. The van der Waals surface area contributed by atoms with Gasteiger partial charge in [0.25, 0.3) is 5.91 Å². The number of hydrogen-bond donors (Lipinski definition) is 2. The summed E-state index contributed by atoms with van der Waals surface area (Å²) >= 11 is 5.63. The third-order valence-electron chi connectivity index (χ3n) is 2.48. The zero-order chi connectivity index (χ0) is 15.7. The molecule has 0 aliphatic heterocycles. The van der Waals surface area contributed by atoms with Crippen LogP contribution in [0.25, 0.3) is 0 Å². The predicted molar refractivity (Wildman–Crippen MR) is 78.2 cm³/mol. The number of amides is 1. The Balaban J connectivity index is 2.60. The van der Waals surface area contributed by atoms with Gasteiger partial charge in [-0.15, -0.1) is 0 Å². The summed E-state index contributed by atoms with van der Waals surface area (Å²) in [6.45, 7) is 0.937. The highest BCUT2D eigenvalue weighted by molar-refractivity contribution is 6.31. The number of carbonyl (C=O) groups excluding carboxylic acids is 1. The lowest BCUT2D eigenvalue weighted by Gasteiger charge is -2.05. The summed E-state index contributed by atoms with van der Waals surface area (Å²) in [4.78, 5) is 11.7. The number of nitrogens with one attached hydrogen (secondary N) is 2. The van der Waals surface area contributed by atoms with Crippen molar-refractivity contribution in [3.05, 3.63) is 40.8 Å². The molecule has 1 rings (SSSR count). The lowest BCUT2D eigenvalue weighted by atomic mass is 10.2. The summed E-state index contributed by atoms with van der Waals surface area (Å²) in [5.41, 5.74) is 0.384. The van der Waals surface area contributed by atoms with Gasteiger partial charge in [-0.05, 0) is 24.6 Å². The standard InChI is InChI=1S/C14H15ClFN3O2/c1-21-6-2-5-18-14(20)10(8-17)9-19-11-3-4-13(16)12(15)7-11/h3-4,7,9,19H,2,5-6H2,1H3,(H,18,20)/b10-9-. The number of nitrogens with zero attached hydrogens (tertiary/aromatic N) is 1. The largest absolute Gasteiger partial charge is 0.385 e. The van der Waals surface area contributed by atoms with E-state index < -0.39 is 11.7 Å². The molecule has 0 bridgehead atoms. The second-order valence-electron chi connectivity index (χ2n) is 4.05. The first-order valence-corrected chi connectivity index (χ1v) is 6.55. The third-order valence-corrected chi connectivity index (χ3v) is 2.77. The van der Waals surface area contributed by atoms with Gasteiger partial charge in [-0.2, -0.15) is 5.26 Å². The minimum Gasteiger partial charge on any atom is -0.385 e. The second-order valence-corrected chi connectivity index (χ2v) is 4.45. The number of hydrogen-bond acceptors (Lipinski definition) is 4. The second kappa shape index (κ2) is 8.95. The fraction of sp³-hybridized carbons (Fsp3) is 0.286. The highest BCUT2D eigenvalue weighted by atomic mass is 35.5. The molecule has 0 fully saturated rings. The van der Waals surface area contributed by atoms with Crippen LogP contribution < -0.4 is 10.6 Å². The molecule has 2 N–H and O–H groups in total. The smallest absolute Gasteiger partial charge is 0.263 e. The molecule has 0 atom stereocenters. The van der Waals surface area contributed by atoms with Crippen LogP contribution >= 0.6 is 11.6 Å². The maximum atomic E-state index is 13.0. The molecule has 0 unspecified atom stereocenters. The number of halogens is 2. The summed E-state index contributed by atoms with van der Waals surface area (Å²) < 4.78 is 17.8. The van der Waals surface area contributed by atoms with Gasteiger partial charge in [0.15, 0.2) is 0 Å². The summed E-state index contributed by atoms with van der Waals surface area (Å²) in [5, 5.41) is 14.2. The molecular formula is C14H15ClFN3O2. The Morgan fingerprint density at radius 1 is 1.57 bits per heavy atom. The number of carbonyl (C=O) groups is 1. The van der Waals surface area contributed by atoms with Gasteiger partial charge in [-0.3, -0.25) is 4.79 Å².